The van der Waals surface area contributed by atoms with Crippen LogP contribution < -0.4 is 20.1 Å². The van der Waals surface area contributed by atoms with Crippen molar-refractivity contribution in [1.82, 2.24) is 10.3 Å². The van der Waals surface area contributed by atoms with Gasteiger partial charge in [-0.1, -0.05) is 17.4 Å². The molecule has 1 heterocycles. The van der Waals surface area contributed by atoms with Crippen LogP contribution in [0, 0.1) is 0 Å². The molecule has 0 bridgehead atoms. The maximum Gasteiger partial charge on any atom is 0.223 e. The molecule has 0 aliphatic heterocycles. The number of ether oxygens (including phenoxy) is 2. The number of carbonyl (C=O) groups is 2. The Morgan fingerprint density at radius 3 is 2.66 bits per heavy atom. The number of carbonyl (C=O) groups excluding carboxylic acids is 2. The number of aromatic nitrogens is 1. The first-order valence-electron chi connectivity index (χ1n) is 9.13. The van der Waals surface area contributed by atoms with Gasteiger partial charge in [0.15, 0.2) is 5.13 Å². The molecule has 8 heteroatoms. The van der Waals surface area contributed by atoms with E-state index >= 15 is 0 Å². The third-order valence-electron chi connectivity index (χ3n) is 4.34. The Morgan fingerprint density at radius 1 is 1.10 bits per heavy atom. The summed E-state index contributed by atoms with van der Waals surface area (Å²) < 4.78 is 11.5. The van der Waals surface area contributed by atoms with Crippen LogP contribution in [0.15, 0.2) is 36.4 Å². The summed E-state index contributed by atoms with van der Waals surface area (Å²) in [6, 6.07) is 11.4. The van der Waals surface area contributed by atoms with Crippen molar-refractivity contribution in [3.63, 3.8) is 0 Å². The normalized spacial score (nSPS) is 10.6. The monoisotopic (exact) mass is 413 g/mol. The van der Waals surface area contributed by atoms with Crippen LogP contribution in [-0.2, 0) is 22.6 Å². The molecule has 2 aromatic carbocycles. The molecule has 0 saturated heterocycles. The van der Waals surface area contributed by atoms with Gasteiger partial charge in [0.25, 0.3) is 0 Å². The van der Waals surface area contributed by atoms with Gasteiger partial charge in [-0.2, -0.15) is 0 Å². The van der Waals surface area contributed by atoms with Crippen LogP contribution in [0.25, 0.3) is 10.2 Å². The minimum absolute atomic E-state index is 0.0433. The zero-order valence-corrected chi connectivity index (χ0v) is 17.4. The fourth-order valence-electron chi connectivity index (χ4n) is 2.89. The number of rotatable bonds is 8. The quantitative estimate of drug-likeness (QED) is 0.590. The standard InChI is InChI=1S/C21H23N3O4S/c1-13(25)23-21-24-17-7-4-14(10-19(17)29-21)5-9-20(26)22-12-15-11-16(27-2)6-8-18(15)28-3/h4,6-8,10-11H,5,9,12H2,1-3H3,(H,22,26)(H,23,24,25). The molecule has 0 fully saturated rings. The minimum atomic E-state index is -0.145. The fraction of sp³-hybridized carbons (Fsp3) is 0.286. The van der Waals surface area contributed by atoms with E-state index < -0.39 is 0 Å². The van der Waals surface area contributed by atoms with Gasteiger partial charge in [-0.15, -0.1) is 0 Å². The van der Waals surface area contributed by atoms with Crippen molar-refractivity contribution in [3.05, 3.63) is 47.5 Å². The van der Waals surface area contributed by atoms with Gasteiger partial charge < -0.3 is 20.1 Å². The number of methoxy groups -OCH3 is 2. The number of hydrogen-bond acceptors (Lipinski definition) is 6. The molecule has 7 nitrogen and oxygen atoms in total. The van der Waals surface area contributed by atoms with Gasteiger partial charge in [-0.3, -0.25) is 9.59 Å². The van der Waals surface area contributed by atoms with Crippen molar-refractivity contribution in [3.8, 4) is 11.5 Å². The van der Waals surface area contributed by atoms with Gasteiger partial charge in [-0.05, 0) is 42.3 Å². The molecule has 0 atom stereocenters. The average molecular weight is 413 g/mol. The summed E-state index contributed by atoms with van der Waals surface area (Å²) >= 11 is 1.42. The molecule has 2 amide bonds. The molecule has 0 unspecified atom stereocenters. The van der Waals surface area contributed by atoms with E-state index in [0.29, 0.717) is 36.0 Å². The first kappa shape index (κ1) is 20.6. The lowest BCUT2D eigenvalue weighted by Crippen LogP contribution is -2.23. The lowest BCUT2D eigenvalue weighted by molar-refractivity contribution is -0.121. The molecule has 2 N–H and O–H groups in total. The Morgan fingerprint density at radius 2 is 1.93 bits per heavy atom. The van der Waals surface area contributed by atoms with Crippen LogP contribution in [-0.4, -0.2) is 31.0 Å². The van der Waals surface area contributed by atoms with Crippen molar-refractivity contribution < 1.29 is 19.1 Å². The second-order valence-corrected chi connectivity index (χ2v) is 7.49. The number of amides is 2. The number of fused-ring (bicyclic) bond motifs is 1. The highest BCUT2D eigenvalue weighted by atomic mass is 32.1. The summed E-state index contributed by atoms with van der Waals surface area (Å²) in [6.07, 6.45) is 0.986. The van der Waals surface area contributed by atoms with E-state index in [1.54, 1.807) is 14.2 Å². The number of nitrogens with one attached hydrogen (secondary N) is 2. The second-order valence-electron chi connectivity index (χ2n) is 6.46. The lowest BCUT2D eigenvalue weighted by Gasteiger charge is -2.11. The maximum atomic E-state index is 12.3. The van der Waals surface area contributed by atoms with Gasteiger partial charge >= 0.3 is 0 Å². The van der Waals surface area contributed by atoms with Crippen LogP contribution >= 0.6 is 11.3 Å². The smallest absolute Gasteiger partial charge is 0.223 e. The van der Waals surface area contributed by atoms with Gasteiger partial charge in [0.05, 0.1) is 24.4 Å². The minimum Gasteiger partial charge on any atom is -0.497 e. The van der Waals surface area contributed by atoms with E-state index in [-0.39, 0.29) is 11.8 Å². The summed E-state index contributed by atoms with van der Waals surface area (Å²) in [6.45, 7) is 1.82. The summed E-state index contributed by atoms with van der Waals surface area (Å²) in [5.74, 6) is 1.23. The van der Waals surface area contributed by atoms with E-state index in [4.69, 9.17) is 9.47 Å². The molecule has 0 spiro atoms. The topological polar surface area (TPSA) is 89.6 Å². The van der Waals surface area contributed by atoms with E-state index in [1.807, 2.05) is 36.4 Å². The van der Waals surface area contributed by atoms with Crippen LogP contribution in [0.4, 0.5) is 5.13 Å². The Balaban J connectivity index is 1.57. The van der Waals surface area contributed by atoms with E-state index in [2.05, 4.69) is 15.6 Å². The molecule has 0 radical (unpaired) electrons. The second kappa shape index (κ2) is 9.38. The summed E-state index contributed by atoms with van der Waals surface area (Å²) in [7, 11) is 3.20. The van der Waals surface area contributed by atoms with Gasteiger partial charge in [0.1, 0.15) is 11.5 Å². The highest BCUT2D eigenvalue weighted by Gasteiger charge is 2.09. The number of thiazole rings is 1. The molecule has 152 valence electrons. The maximum absolute atomic E-state index is 12.3. The Hall–Kier alpha value is -3.13. The number of benzene rings is 2. The van der Waals surface area contributed by atoms with Crippen LogP contribution in [0.2, 0.25) is 0 Å². The van der Waals surface area contributed by atoms with Crippen molar-refractivity contribution in [1.29, 1.82) is 0 Å². The summed E-state index contributed by atoms with van der Waals surface area (Å²) in [5.41, 5.74) is 2.73. The molecule has 1 aromatic heterocycles. The molecule has 0 saturated carbocycles. The highest BCUT2D eigenvalue weighted by molar-refractivity contribution is 7.22. The zero-order chi connectivity index (χ0) is 20.8. The third kappa shape index (κ3) is 5.45. The molecule has 3 rings (SSSR count). The predicted octanol–water partition coefficient (Wildman–Crippen LogP) is 3.52. The summed E-state index contributed by atoms with van der Waals surface area (Å²) in [5, 5.41) is 6.20. The van der Waals surface area contributed by atoms with Gasteiger partial charge in [-0.25, -0.2) is 4.98 Å². The number of aryl methyl sites for hydroxylation is 1. The van der Waals surface area contributed by atoms with Gasteiger partial charge in [0.2, 0.25) is 11.8 Å². The Bertz CT molecular complexity index is 1030. The molecular formula is C21H23N3O4S. The summed E-state index contributed by atoms with van der Waals surface area (Å²) in [4.78, 5) is 27.8. The van der Waals surface area contributed by atoms with Crippen molar-refractivity contribution in [2.75, 3.05) is 19.5 Å². The lowest BCUT2D eigenvalue weighted by atomic mass is 10.1. The van der Waals surface area contributed by atoms with E-state index in [9.17, 15) is 9.59 Å². The average Bonchev–Trinajstić information content (AvgIpc) is 3.11. The predicted molar refractivity (Wildman–Crippen MR) is 114 cm³/mol. The highest BCUT2D eigenvalue weighted by Crippen LogP contribution is 2.27. The van der Waals surface area contributed by atoms with Crippen molar-refractivity contribution >= 4 is 38.5 Å². The number of anilines is 1. The van der Waals surface area contributed by atoms with Crippen molar-refractivity contribution in [2.24, 2.45) is 0 Å². The van der Waals surface area contributed by atoms with Crippen LogP contribution in [0.1, 0.15) is 24.5 Å². The van der Waals surface area contributed by atoms with Crippen LogP contribution in [0.3, 0.4) is 0 Å². The first-order valence-corrected chi connectivity index (χ1v) is 9.95. The SMILES string of the molecule is COc1ccc(OC)c(CNC(=O)CCc2ccc3nc(NC(C)=O)sc3c2)c1. The molecular weight excluding hydrogens is 390 g/mol. The zero-order valence-electron chi connectivity index (χ0n) is 16.6. The molecule has 29 heavy (non-hydrogen) atoms. The first-order chi connectivity index (χ1) is 14.0. The molecule has 0 aliphatic carbocycles. The van der Waals surface area contributed by atoms with E-state index in [0.717, 1.165) is 21.3 Å². The number of nitrogens with zero attached hydrogens (tertiary/aromatic N) is 1. The van der Waals surface area contributed by atoms with Crippen LogP contribution in [0.5, 0.6) is 11.5 Å². The molecule has 0 aliphatic rings. The number of hydrogen-bond donors (Lipinski definition) is 2. The van der Waals surface area contributed by atoms with Crippen molar-refractivity contribution in [2.45, 2.75) is 26.3 Å². The fourth-order valence-corrected chi connectivity index (χ4v) is 3.86. The Labute approximate surface area is 173 Å². The third-order valence-corrected chi connectivity index (χ3v) is 5.27. The van der Waals surface area contributed by atoms with Gasteiger partial charge in [0, 0.05) is 25.5 Å². The van der Waals surface area contributed by atoms with E-state index in [1.165, 1.54) is 18.3 Å². The Kier molecular flexibility index (Phi) is 6.66. The molecule has 3 aromatic rings. The largest absolute Gasteiger partial charge is 0.497 e.